The number of imidazole rings is 1. The molecule has 2 saturated heterocycles. The highest BCUT2D eigenvalue weighted by Gasteiger charge is 2.40. The Morgan fingerprint density at radius 2 is 2.04 bits per heavy atom. The van der Waals surface area contributed by atoms with Crippen LogP contribution in [0.25, 0.3) is 17.0 Å². The van der Waals surface area contributed by atoms with Gasteiger partial charge in [0.15, 0.2) is 5.65 Å². The van der Waals surface area contributed by atoms with Crippen LogP contribution in [0, 0.1) is 5.41 Å². The van der Waals surface area contributed by atoms with Crippen molar-refractivity contribution < 1.29 is 8.78 Å². The number of piperidine rings is 1. The Morgan fingerprint density at radius 3 is 2.81 bits per heavy atom. The Balaban J connectivity index is 1.50. The first-order valence-electron chi connectivity index (χ1n) is 9.05. The molecule has 2 aliphatic heterocycles. The maximum Gasteiger partial charge on any atom is 0.282 e. The molecular formula is C18H19F2N7. The molecule has 9 heteroatoms. The lowest BCUT2D eigenvalue weighted by atomic mass is 9.75. The molecule has 1 spiro atoms. The van der Waals surface area contributed by atoms with Gasteiger partial charge in [-0.25, -0.2) is 28.2 Å². The Labute approximate surface area is 154 Å². The maximum atomic E-state index is 13.0. The van der Waals surface area contributed by atoms with Crippen LogP contribution in [0.2, 0.25) is 0 Å². The summed E-state index contributed by atoms with van der Waals surface area (Å²) in [6.45, 7) is 4.03. The quantitative estimate of drug-likeness (QED) is 0.762. The summed E-state index contributed by atoms with van der Waals surface area (Å²) in [5, 5.41) is 7.39. The van der Waals surface area contributed by atoms with Gasteiger partial charge in [0.05, 0.1) is 11.9 Å². The zero-order valence-corrected chi connectivity index (χ0v) is 14.6. The van der Waals surface area contributed by atoms with Crippen molar-refractivity contribution in [3.8, 4) is 11.4 Å². The van der Waals surface area contributed by atoms with Crippen molar-refractivity contribution in [2.75, 3.05) is 31.1 Å². The fourth-order valence-electron chi connectivity index (χ4n) is 4.01. The summed E-state index contributed by atoms with van der Waals surface area (Å²) < 4.78 is 27.5. The van der Waals surface area contributed by atoms with Crippen molar-refractivity contribution in [3.05, 3.63) is 36.4 Å². The lowest BCUT2D eigenvalue weighted by molar-refractivity contribution is 0.138. The van der Waals surface area contributed by atoms with Gasteiger partial charge in [0, 0.05) is 37.7 Å². The summed E-state index contributed by atoms with van der Waals surface area (Å²) in [5.41, 5.74) is 1.77. The third-order valence-electron chi connectivity index (χ3n) is 5.51. The number of halogens is 2. The molecule has 2 aliphatic rings. The van der Waals surface area contributed by atoms with Crippen molar-refractivity contribution in [2.24, 2.45) is 5.41 Å². The molecule has 27 heavy (non-hydrogen) atoms. The Hall–Kier alpha value is -2.68. The number of hydrogen-bond acceptors (Lipinski definition) is 6. The smallest absolute Gasteiger partial charge is 0.282 e. The topological polar surface area (TPSA) is 71.2 Å². The van der Waals surface area contributed by atoms with Gasteiger partial charge in [-0.3, -0.25) is 0 Å². The van der Waals surface area contributed by atoms with Crippen LogP contribution >= 0.6 is 0 Å². The first-order chi connectivity index (χ1) is 13.1. The molecule has 2 fully saturated rings. The number of anilines is 1. The Kier molecular flexibility index (Phi) is 3.78. The zero-order valence-electron chi connectivity index (χ0n) is 14.6. The Bertz CT molecular complexity index is 983. The van der Waals surface area contributed by atoms with E-state index in [0.717, 1.165) is 38.4 Å². The van der Waals surface area contributed by atoms with Gasteiger partial charge in [0.1, 0.15) is 23.5 Å². The molecule has 0 aromatic carbocycles. The lowest BCUT2D eigenvalue weighted by Crippen LogP contribution is -2.61. The first kappa shape index (κ1) is 16.5. The van der Waals surface area contributed by atoms with E-state index in [1.54, 1.807) is 6.20 Å². The van der Waals surface area contributed by atoms with Crippen LogP contribution in [0.4, 0.5) is 14.6 Å². The zero-order chi connectivity index (χ0) is 18.4. The minimum Gasteiger partial charge on any atom is -0.356 e. The minimum atomic E-state index is -2.63. The molecule has 3 aromatic heterocycles. The van der Waals surface area contributed by atoms with E-state index in [9.17, 15) is 8.78 Å². The van der Waals surface area contributed by atoms with Crippen LogP contribution < -0.4 is 10.2 Å². The molecule has 7 nitrogen and oxygen atoms in total. The van der Waals surface area contributed by atoms with Gasteiger partial charge < -0.3 is 10.2 Å². The predicted octanol–water partition coefficient (Wildman–Crippen LogP) is 2.31. The minimum absolute atomic E-state index is 0.286. The molecule has 0 bridgehead atoms. The van der Waals surface area contributed by atoms with Crippen molar-refractivity contribution in [1.82, 2.24) is 29.9 Å². The molecular weight excluding hydrogens is 352 g/mol. The van der Waals surface area contributed by atoms with Crippen molar-refractivity contribution in [2.45, 2.75) is 19.3 Å². The van der Waals surface area contributed by atoms with Crippen LogP contribution in [0.1, 0.15) is 25.0 Å². The van der Waals surface area contributed by atoms with Crippen LogP contribution in [0.5, 0.6) is 0 Å². The lowest BCUT2D eigenvalue weighted by Gasteiger charge is -2.49. The first-order valence-corrected chi connectivity index (χ1v) is 9.05. The van der Waals surface area contributed by atoms with Gasteiger partial charge in [-0.2, -0.15) is 5.10 Å². The average molecular weight is 371 g/mol. The Morgan fingerprint density at radius 1 is 1.15 bits per heavy atom. The summed E-state index contributed by atoms with van der Waals surface area (Å²) in [6.07, 6.45) is 2.86. The number of nitrogens with one attached hydrogen (secondary N) is 1. The molecule has 0 atom stereocenters. The van der Waals surface area contributed by atoms with Gasteiger partial charge in [-0.1, -0.05) is 0 Å². The normalized spacial score (nSPS) is 19.0. The number of alkyl halides is 2. The molecule has 0 amide bonds. The number of fused-ring (bicyclic) bond motifs is 1. The van der Waals surface area contributed by atoms with E-state index in [2.05, 4.69) is 30.3 Å². The van der Waals surface area contributed by atoms with Gasteiger partial charge in [0.25, 0.3) is 6.43 Å². The molecule has 3 aromatic rings. The second-order valence-electron chi connectivity index (χ2n) is 7.36. The van der Waals surface area contributed by atoms with E-state index >= 15 is 0 Å². The van der Waals surface area contributed by atoms with Crippen LogP contribution in [-0.4, -0.2) is 50.7 Å². The van der Waals surface area contributed by atoms with Crippen LogP contribution in [0.15, 0.2) is 30.7 Å². The van der Waals surface area contributed by atoms with E-state index < -0.39 is 6.43 Å². The molecule has 140 valence electrons. The SMILES string of the molecule is FC(F)c1ccc2ncc(-c3cc(N4CCCC5(CNC5)C4)ncn3)n2n1. The molecule has 0 radical (unpaired) electrons. The third-order valence-corrected chi connectivity index (χ3v) is 5.51. The monoisotopic (exact) mass is 371 g/mol. The van der Waals surface area contributed by atoms with Crippen molar-refractivity contribution >= 4 is 11.5 Å². The number of aromatic nitrogens is 5. The third kappa shape index (κ3) is 2.82. The fourth-order valence-corrected chi connectivity index (χ4v) is 4.01. The highest BCUT2D eigenvalue weighted by atomic mass is 19.3. The maximum absolute atomic E-state index is 13.0. The number of nitrogens with zero attached hydrogens (tertiary/aromatic N) is 6. The fraction of sp³-hybridized carbons (Fsp3) is 0.444. The van der Waals surface area contributed by atoms with Gasteiger partial charge in [-0.15, -0.1) is 0 Å². The van der Waals surface area contributed by atoms with Gasteiger partial charge in [-0.05, 0) is 25.0 Å². The summed E-state index contributed by atoms with van der Waals surface area (Å²) in [5.74, 6) is 0.853. The summed E-state index contributed by atoms with van der Waals surface area (Å²) in [7, 11) is 0. The average Bonchev–Trinajstić information content (AvgIpc) is 3.10. The molecule has 0 aliphatic carbocycles. The largest absolute Gasteiger partial charge is 0.356 e. The van der Waals surface area contributed by atoms with Crippen molar-refractivity contribution in [1.29, 1.82) is 0 Å². The molecule has 5 heterocycles. The van der Waals surface area contributed by atoms with Crippen LogP contribution in [0.3, 0.4) is 0 Å². The summed E-state index contributed by atoms with van der Waals surface area (Å²) >= 11 is 0. The second-order valence-corrected chi connectivity index (χ2v) is 7.36. The second kappa shape index (κ2) is 6.19. The van der Waals surface area contributed by atoms with E-state index in [0.29, 0.717) is 22.5 Å². The van der Waals surface area contributed by atoms with Gasteiger partial charge in [0.2, 0.25) is 0 Å². The standard InChI is InChI=1S/C18H19F2N7/c19-17(20)12-2-3-15-22-7-14(27(15)25-12)13-6-16(24-11-23-13)26-5-1-4-18(10-26)8-21-9-18/h2-3,6-7,11,17,21H,1,4-5,8-10H2. The predicted molar refractivity (Wildman–Crippen MR) is 95.7 cm³/mol. The van der Waals surface area contributed by atoms with E-state index in [1.165, 1.54) is 29.4 Å². The van der Waals surface area contributed by atoms with Crippen LogP contribution in [-0.2, 0) is 0 Å². The highest BCUT2D eigenvalue weighted by molar-refractivity contribution is 5.62. The van der Waals surface area contributed by atoms with Crippen molar-refractivity contribution in [3.63, 3.8) is 0 Å². The number of hydrogen-bond donors (Lipinski definition) is 1. The van der Waals surface area contributed by atoms with E-state index in [1.807, 2.05) is 6.07 Å². The molecule has 0 unspecified atom stereocenters. The molecule has 1 N–H and O–H groups in total. The highest BCUT2D eigenvalue weighted by Crippen LogP contribution is 2.35. The summed E-state index contributed by atoms with van der Waals surface area (Å²) in [4.78, 5) is 15.3. The number of rotatable bonds is 3. The van der Waals surface area contributed by atoms with E-state index in [4.69, 9.17) is 0 Å². The molecule has 0 saturated carbocycles. The molecule has 5 rings (SSSR count). The summed E-state index contributed by atoms with van der Waals surface area (Å²) in [6, 6.07) is 4.73. The van der Waals surface area contributed by atoms with Gasteiger partial charge >= 0.3 is 0 Å². The van der Waals surface area contributed by atoms with E-state index in [-0.39, 0.29) is 5.69 Å².